The first-order valence-electron chi connectivity index (χ1n) is 9.22. The number of likely N-dealkylation sites (tertiary alicyclic amines) is 2. The molecule has 6 nitrogen and oxygen atoms in total. The molecule has 3 rings (SSSR count). The Bertz CT molecular complexity index is 644. The summed E-state index contributed by atoms with van der Waals surface area (Å²) in [6, 6.07) is 2.16. The van der Waals surface area contributed by atoms with Crippen molar-refractivity contribution in [2.75, 3.05) is 26.2 Å². The molecule has 0 aromatic carbocycles. The van der Waals surface area contributed by atoms with Gasteiger partial charge in [0.15, 0.2) is 0 Å². The molecule has 1 aromatic rings. The van der Waals surface area contributed by atoms with Gasteiger partial charge in [-0.3, -0.25) is 14.7 Å². The maximum absolute atomic E-state index is 12.7. The summed E-state index contributed by atoms with van der Waals surface area (Å²) in [4.78, 5) is 28.3. The summed E-state index contributed by atoms with van der Waals surface area (Å²) in [6.45, 7) is 10.5. The van der Waals surface area contributed by atoms with E-state index in [9.17, 15) is 9.59 Å². The number of rotatable bonds is 5. The zero-order valence-electron chi connectivity index (χ0n) is 15.2. The van der Waals surface area contributed by atoms with Crippen molar-refractivity contribution < 1.29 is 9.59 Å². The summed E-state index contributed by atoms with van der Waals surface area (Å²) in [5.41, 5.74) is 2.28. The molecule has 0 unspecified atom stereocenters. The highest BCUT2D eigenvalue weighted by Gasteiger charge is 2.37. The summed E-state index contributed by atoms with van der Waals surface area (Å²) in [5, 5.41) is 7.55. The normalized spacial score (nSPS) is 22.0. The van der Waals surface area contributed by atoms with E-state index in [0.717, 1.165) is 31.6 Å². The standard InChI is InChI=1S/C19H28N4O2/c1-4-7-23-12-15(10-18(23)24)19(25)22-8-5-14(6-9-22)17-11-16(13(2)3)20-21-17/h4,11,13-15H,1,5-10,12H2,2-3H3,(H,20,21)/t15-/m1/s1. The van der Waals surface area contributed by atoms with Gasteiger partial charge in [0.25, 0.3) is 0 Å². The van der Waals surface area contributed by atoms with Crippen molar-refractivity contribution >= 4 is 11.8 Å². The molecule has 2 saturated heterocycles. The minimum atomic E-state index is -0.191. The van der Waals surface area contributed by atoms with Crippen LogP contribution >= 0.6 is 0 Å². The van der Waals surface area contributed by atoms with Gasteiger partial charge < -0.3 is 9.80 Å². The van der Waals surface area contributed by atoms with Crippen molar-refractivity contribution in [2.24, 2.45) is 5.92 Å². The van der Waals surface area contributed by atoms with E-state index in [4.69, 9.17) is 0 Å². The summed E-state index contributed by atoms with van der Waals surface area (Å²) < 4.78 is 0. The molecule has 2 aliphatic heterocycles. The van der Waals surface area contributed by atoms with Crippen molar-refractivity contribution in [3.8, 4) is 0 Å². The SMILES string of the molecule is C=CCN1C[C@H](C(=O)N2CCC(c3cc(C(C)C)n[nH]3)CC2)CC1=O. The van der Waals surface area contributed by atoms with Crippen LogP contribution in [0.25, 0.3) is 0 Å². The Morgan fingerprint density at radius 3 is 2.76 bits per heavy atom. The molecule has 1 aromatic heterocycles. The van der Waals surface area contributed by atoms with Crippen LogP contribution in [0.15, 0.2) is 18.7 Å². The average molecular weight is 344 g/mol. The molecule has 1 N–H and O–H groups in total. The van der Waals surface area contributed by atoms with Crippen LogP contribution in [0.4, 0.5) is 0 Å². The van der Waals surface area contributed by atoms with Crippen molar-refractivity contribution in [1.82, 2.24) is 20.0 Å². The second-order valence-corrected chi connectivity index (χ2v) is 7.49. The first-order chi connectivity index (χ1) is 12.0. The third-order valence-corrected chi connectivity index (χ3v) is 5.37. The molecular weight excluding hydrogens is 316 g/mol. The van der Waals surface area contributed by atoms with E-state index in [2.05, 4.69) is 36.7 Å². The lowest BCUT2D eigenvalue weighted by Crippen LogP contribution is -2.42. The Morgan fingerprint density at radius 2 is 2.16 bits per heavy atom. The topological polar surface area (TPSA) is 69.3 Å². The fourth-order valence-electron chi connectivity index (χ4n) is 3.80. The summed E-state index contributed by atoms with van der Waals surface area (Å²) >= 11 is 0. The summed E-state index contributed by atoms with van der Waals surface area (Å²) in [5.74, 6) is 0.859. The molecule has 0 spiro atoms. The number of hydrogen-bond donors (Lipinski definition) is 1. The summed E-state index contributed by atoms with van der Waals surface area (Å²) in [7, 11) is 0. The number of carbonyl (C=O) groups excluding carboxylic acids is 2. The monoisotopic (exact) mass is 344 g/mol. The van der Waals surface area contributed by atoms with Crippen molar-refractivity contribution in [1.29, 1.82) is 0 Å². The number of nitrogens with one attached hydrogen (secondary N) is 1. The van der Waals surface area contributed by atoms with Gasteiger partial charge in [-0.05, 0) is 24.8 Å². The lowest BCUT2D eigenvalue weighted by atomic mass is 9.92. The highest BCUT2D eigenvalue weighted by Crippen LogP contribution is 2.30. The van der Waals surface area contributed by atoms with Crippen LogP contribution in [0.2, 0.25) is 0 Å². The fourth-order valence-corrected chi connectivity index (χ4v) is 3.80. The lowest BCUT2D eigenvalue weighted by molar-refractivity contribution is -0.136. The number of aromatic amines is 1. The van der Waals surface area contributed by atoms with Crippen LogP contribution in [0, 0.1) is 5.92 Å². The molecule has 2 amide bonds. The number of amides is 2. The minimum absolute atomic E-state index is 0.0619. The summed E-state index contributed by atoms with van der Waals surface area (Å²) in [6.07, 6.45) is 3.95. The average Bonchev–Trinajstić information content (AvgIpc) is 3.23. The molecule has 0 aliphatic carbocycles. The zero-order chi connectivity index (χ0) is 18.0. The molecular formula is C19H28N4O2. The third kappa shape index (κ3) is 3.78. The molecule has 0 bridgehead atoms. The maximum Gasteiger partial charge on any atom is 0.227 e. The molecule has 0 radical (unpaired) electrons. The Balaban J connectivity index is 1.54. The van der Waals surface area contributed by atoms with Gasteiger partial charge in [0.2, 0.25) is 11.8 Å². The maximum atomic E-state index is 12.7. The van der Waals surface area contributed by atoms with Gasteiger partial charge in [-0.25, -0.2) is 0 Å². The van der Waals surface area contributed by atoms with Gasteiger partial charge >= 0.3 is 0 Å². The minimum Gasteiger partial charge on any atom is -0.342 e. The molecule has 2 fully saturated rings. The Labute approximate surface area is 149 Å². The third-order valence-electron chi connectivity index (χ3n) is 5.37. The highest BCUT2D eigenvalue weighted by molar-refractivity contribution is 5.89. The smallest absolute Gasteiger partial charge is 0.227 e. The number of hydrogen-bond acceptors (Lipinski definition) is 3. The Kier molecular flexibility index (Phi) is 5.25. The first kappa shape index (κ1) is 17.7. The molecule has 1 atom stereocenters. The van der Waals surface area contributed by atoms with Crippen LogP contribution in [-0.2, 0) is 9.59 Å². The molecule has 136 valence electrons. The first-order valence-corrected chi connectivity index (χ1v) is 9.22. The van der Waals surface area contributed by atoms with Gasteiger partial charge in [-0.15, -0.1) is 6.58 Å². The number of H-pyrrole nitrogens is 1. The number of nitrogens with zero attached hydrogens (tertiary/aromatic N) is 3. The van der Waals surface area contributed by atoms with Gasteiger partial charge in [-0.2, -0.15) is 5.10 Å². The number of aromatic nitrogens is 2. The largest absolute Gasteiger partial charge is 0.342 e. The van der Waals surface area contributed by atoms with Crippen LogP contribution in [0.5, 0.6) is 0 Å². The van der Waals surface area contributed by atoms with Crippen LogP contribution in [-0.4, -0.2) is 58.0 Å². The van der Waals surface area contributed by atoms with E-state index in [-0.39, 0.29) is 17.7 Å². The second-order valence-electron chi connectivity index (χ2n) is 7.49. The van der Waals surface area contributed by atoms with E-state index in [1.165, 1.54) is 5.69 Å². The predicted molar refractivity (Wildman–Crippen MR) is 96.1 cm³/mol. The van der Waals surface area contributed by atoms with Gasteiger partial charge in [0, 0.05) is 44.2 Å². The van der Waals surface area contributed by atoms with E-state index >= 15 is 0 Å². The van der Waals surface area contributed by atoms with E-state index < -0.39 is 0 Å². The molecule has 6 heteroatoms. The van der Waals surface area contributed by atoms with Crippen molar-refractivity contribution in [3.05, 3.63) is 30.1 Å². The molecule has 3 heterocycles. The van der Waals surface area contributed by atoms with E-state index in [1.54, 1.807) is 11.0 Å². The van der Waals surface area contributed by atoms with E-state index in [1.807, 2.05) is 4.90 Å². The predicted octanol–water partition coefficient (Wildman–Crippen LogP) is 2.27. The number of piperidine rings is 1. The van der Waals surface area contributed by atoms with Crippen LogP contribution in [0.3, 0.4) is 0 Å². The van der Waals surface area contributed by atoms with Crippen LogP contribution < -0.4 is 0 Å². The van der Waals surface area contributed by atoms with Gasteiger partial charge in [-0.1, -0.05) is 19.9 Å². The van der Waals surface area contributed by atoms with Gasteiger partial charge in [0.05, 0.1) is 11.6 Å². The molecule has 0 saturated carbocycles. The van der Waals surface area contributed by atoms with Gasteiger partial charge in [0.1, 0.15) is 0 Å². The van der Waals surface area contributed by atoms with E-state index in [0.29, 0.717) is 31.3 Å². The second kappa shape index (κ2) is 7.42. The van der Waals surface area contributed by atoms with Crippen LogP contribution in [0.1, 0.15) is 56.3 Å². The molecule has 25 heavy (non-hydrogen) atoms. The zero-order valence-corrected chi connectivity index (χ0v) is 15.2. The molecule has 2 aliphatic rings. The van der Waals surface area contributed by atoms with Crippen molar-refractivity contribution in [2.45, 2.75) is 44.9 Å². The fraction of sp³-hybridized carbons (Fsp3) is 0.632. The number of carbonyl (C=O) groups is 2. The highest BCUT2D eigenvalue weighted by atomic mass is 16.2. The quantitative estimate of drug-likeness (QED) is 0.833. The van der Waals surface area contributed by atoms with Crippen molar-refractivity contribution in [3.63, 3.8) is 0 Å². The Hall–Kier alpha value is -2.11. The lowest BCUT2D eigenvalue weighted by Gasteiger charge is -2.33. The Morgan fingerprint density at radius 1 is 1.44 bits per heavy atom.